The van der Waals surface area contributed by atoms with E-state index in [4.69, 9.17) is 16.9 Å². The van der Waals surface area contributed by atoms with Gasteiger partial charge in [-0.1, -0.05) is 45.7 Å². The van der Waals surface area contributed by atoms with E-state index in [9.17, 15) is 5.11 Å². The molecule has 0 heterocycles. The van der Waals surface area contributed by atoms with Crippen LogP contribution in [-0.4, -0.2) is 5.11 Å². The SMILES string of the molecule is CC(O)(Cc1ccc(Br)cc1Cl)c1ccc(C#N)cc1. The normalized spacial score (nSPS) is 13.6. The predicted molar refractivity (Wildman–Crippen MR) is 83.6 cm³/mol. The summed E-state index contributed by atoms with van der Waals surface area (Å²) in [6.07, 6.45) is 0.408. The summed E-state index contributed by atoms with van der Waals surface area (Å²) in [4.78, 5) is 0. The zero-order valence-electron chi connectivity index (χ0n) is 10.9. The minimum atomic E-state index is -1.04. The zero-order chi connectivity index (χ0) is 14.8. The standard InChI is InChI=1S/C16H13BrClNO/c1-16(20,13-5-2-11(10-19)3-6-13)9-12-4-7-14(17)8-15(12)18/h2-8,20H,9H2,1H3. The molecule has 0 saturated heterocycles. The third kappa shape index (κ3) is 3.40. The fourth-order valence-corrected chi connectivity index (χ4v) is 2.78. The van der Waals surface area contributed by atoms with Crippen LogP contribution in [0, 0.1) is 11.3 Å². The number of nitrogens with zero attached hydrogens (tertiary/aromatic N) is 1. The van der Waals surface area contributed by atoms with Gasteiger partial charge in [-0.3, -0.25) is 0 Å². The van der Waals surface area contributed by atoms with Crippen molar-refractivity contribution in [2.45, 2.75) is 18.9 Å². The van der Waals surface area contributed by atoms with Gasteiger partial charge in [0.2, 0.25) is 0 Å². The molecule has 2 rings (SSSR count). The highest BCUT2D eigenvalue weighted by molar-refractivity contribution is 9.10. The molecule has 0 radical (unpaired) electrons. The molecule has 2 aromatic rings. The van der Waals surface area contributed by atoms with E-state index in [1.54, 1.807) is 31.2 Å². The summed E-state index contributed by atoms with van der Waals surface area (Å²) < 4.78 is 0.907. The number of nitriles is 1. The molecule has 20 heavy (non-hydrogen) atoms. The third-order valence-electron chi connectivity index (χ3n) is 3.19. The molecule has 0 aliphatic rings. The average Bonchev–Trinajstić information content (AvgIpc) is 2.42. The molecule has 2 aromatic carbocycles. The highest BCUT2D eigenvalue weighted by Crippen LogP contribution is 2.30. The third-order valence-corrected chi connectivity index (χ3v) is 4.03. The number of halogens is 2. The summed E-state index contributed by atoms with van der Waals surface area (Å²) in [6.45, 7) is 1.74. The molecule has 0 saturated carbocycles. The maximum Gasteiger partial charge on any atom is 0.0991 e. The van der Waals surface area contributed by atoms with Crippen molar-refractivity contribution in [1.29, 1.82) is 5.26 Å². The molecule has 1 unspecified atom stereocenters. The fraction of sp³-hybridized carbons (Fsp3) is 0.188. The molecular weight excluding hydrogens is 338 g/mol. The van der Waals surface area contributed by atoms with Crippen LogP contribution in [0.4, 0.5) is 0 Å². The largest absolute Gasteiger partial charge is 0.385 e. The van der Waals surface area contributed by atoms with Crippen molar-refractivity contribution in [3.8, 4) is 6.07 Å². The first-order valence-electron chi connectivity index (χ1n) is 6.09. The van der Waals surface area contributed by atoms with E-state index in [1.165, 1.54) is 0 Å². The summed E-state index contributed by atoms with van der Waals surface area (Å²) in [5.74, 6) is 0. The van der Waals surface area contributed by atoms with Crippen LogP contribution in [0.15, 0.2) is 46.9 Å². The van der Waals surface area contributed by atoms with Gasteiger partial charge in [-0.15, -0.1) is 0 Å². The number of aliphatic hydroxyl groups is 1. The molecular formula is C16H13BrClNO. The maximum absolute atomic E-state index is 10.6. The predicted octanol–water partition coefficient (Wildman–Crippen LogP) is 4.42. The Kier molecular flexibility index (Phi) is 4.49. The van der Waals surface area contributed by atoms with Crippen LogP contribution in [-0.2, 0) is 12.0 Å². The smallest absolute Gasteiger partial charge is 0.0991 e. The molecule has 0 spiro atoms. The molecule has 0 amide bonds. The number of hydrogen-bond acceptors (Lipinski definition) is 2. The van der Waals surface area contributed by atoms with Crippen molar-refractivity contribution in [1.82, 2.24) is 0 Å². The van der Waals surface area contributed by atoms with Crippen molar-refractivity contribution < 1.29 is 5.11 Å². The van der Waals surface area contributed by atoms with Crippen LogP contribution in [0.5, 0.6) is 0 Å². The van der Waals surface area contributed by atoms with E-state index in [-0.39, 0.29) is 0 Å². The Balaban J connectivity index is 2.27. The Morgan fingerprint density at radius 2 is 1.90 bits per heavy atom. The summed E-state index contributed by atoms with van der Waals surface area (Å²) in [6, 6.07) is 14.6. The van der Waals surface area contributed by atoms with Crippen LogP contribution in [0.25, 0.3) is 0 Å². The molecule has 2 nitrogen and oxygen atoms in total. The van der Waals surface area contributed by atoms with Crippen molar-refractivity contribution in [3.63, 3.8) is 0 Å². The fourth-order valence-electron chi connectivity index (χ4n) is 2.04. The second-order valence-corrected chi connectivity index (χ2v) is 6.20. The van der Waals surface area contributed by atoms with Crippen LogP contribution in [0.3, 0.4) is 0 Å². The highest BCUT2D eigenvalue weighted by Gasteiger charge is 2.24. The van der Waals surface area contributed by atoms with E-state index >= 15 is 0 Å². The van der Waals surface area contributed by atoms with Crippen molar-refractivity contribution in [2.24, 2.45) is 0 Å². The van der Waals surface area contributed by atoms with Gasteiger partial charge in [0.15, 0.2) is 0 Å². The second-order valence-electron chi connectivity index (χ2n) is 4.88. The Bertz CT molecular complexity index is 659. The van der Waals surface area contributed by atoms with E-state index in [0.29, 0.717) is 17.0 Å². The van der Waals surface area contributed by atoms with Gasteiger partial charge in [0.05, 0.1) is 17.2 Å². The molecule has 0 aliphatic carbocycles. The Morgan fingerprint density at radius 1 is 1.25 bits per heavy atom. The van der Waals surface area contributed by atoms with E-state index in [2.05, 4.69) is 22.0 Å². The molecule has 0 bridgehead atoms. The minimum absolute atomic E-state index is 0.408. The quantitative estimate of drug-likeness (QED) is 0.890. The van der Waals surface area contributed by atoms with Gasteiger partial charge in [0, 0.05) is 15.9 Å². The van der Waals surface area contributed by atoms with Crippen molar-refractivity contribution in [3.05, 3.63) is 68.7 Å². The first-order valence-corrected chi connectivity index (χ1v) is 7.26. The lowest BCUT2D eigenvalue weighted by molar-refractivity contribution is 0.0576. The second kappa shape index (κ2) is 5.97. The first kappa shape index (κ1) is 15.1. The minimum Gasteiger partial charge on any atom is -0.385 e. The van der Waals surface area contributed by atoms with Gasteiger partial charge in [-0.05, 0) is 42.3 Å². The van der Waals surface area contributed by atoms with Crippen LogP contribution in [0.2, 0.25) is 5.02 Å². The Morgan fingerprint density at radius 3 is 2.45 bits per heavy atom. The number of benzene rings is 2. The Labute approximate surface area is 131 Å². The van der Waals surface area contributed by atoms with Crippen LogP contribution < -0.4 is 0 Å². The topological polar surface area (TPSA) is 44.0 Å². The van der Waals surface area contributed by atoms with Gasteiger partial charge in [0.1, 0.15) is 0 Å². The summed E-state index contributed by atoms with van der Waals surface area (Å²) >= 11 is 9.55. The molecule has 0 fully saturated rings. The van der Waals surface area contributed by atoms with Crippen molar-refractivity contribution >= 4 is 27.5 Å². The highest BCUT2D eigenvalue weighted by atomic mass is 79.9. The zero-order valence-corrected chi connectivity index (χ0v) is 13.2. The van der Waals surface area contributed by atoms with Gasteiger partial charge in [0.25, 0.3) is 0 Å². The lowest BCUT2D eigenvalue weighted by Gasteiger charge is -2.24. The van der Waals surface area contributed by atoms with E-state index < -0.39 is 5.60 Å². The first-order chi connectivity index (χ1) is 9.42. The van der Waals surface area contributed by atoms with Crippen molar-refractivity contribution in [2.75, 3.05) is 0 Å². The molecule has 1 atom stereocenters. The number of rotatable bonds is 3. The molecule has 1 N–H and O–H groups in total. The van der Waals surface area contributed by atoms with Crippen LogP contribution in [0.1, 0.15) is 23.6 Å². The lowest BCUT2D eigenvalue weighted by Crippen LogP contribution is -2.24. The van der Waals surface area contributed by atoms with Crippen LogP contribution >= 0.6 is 27.5 Å². The molecule has 0 aromatic heterocycles. The summed E-state index contributed by atoms with van der Waals surface area (Å²) in [7, 11) is 0. The summed E-state index contributed by atoms with van der Waals surface area (Å²) in [5, 5.41) is 20.1. The molecule has 102 valence electrons. The average molecular weight is 351 g/mol. The summed E-state index contributed by atoms with van der Waals surface area (Å²) in [5.41, 5.74) is 1.18. The van der Waals surface area contributed by atoms with Gasteiger partial charge >= 0.3 is 0 Å². The van der Waals surface area contributed by atoms with Gasteiger partial charge < -0.3 is 5.11 Å². The van der Waals surface area contributed by atoms with E-state index in [0.717, 1.165) is 15.6 Å². The Hall–Kier alpha value is -1.34. The maximum atomic E-state index is 10.6. The monoisotopic (exact) mass is 349 g/mol. The lowest BCUT2D eigenvalue weighted by atomic mass is 9.88. The van der Waals surface area contributed by atoms with Gasteiger partial charge in [-0.2, -0.15) is 5.26 Å². The molecule has 4 heteroatoms. The number of hydrogen-bond donors (Lipinski definition) is 1. The van der Waals surface area contributed by atoms with Gasteiger partial charge in [-0.25, -0.2) is 0 Å². The van der Waals surface area contributed by atoms with E-state index in [1.807, 2.05) is 18.2 Å². The molecule has 0 aliphatic heterocycles.